The lowest BCUT2D eigenvalue weighted by Gasteiger charge is -2.31. The molecule has 1 aromatic carbocycles. The lowest BCUT2D eigenvalue weighted by molar-refractivity contribution is -0.126. The Morgan fingerprint density at radius 1 is 1.29 bits per heavy atom. The van der Waals surface area contributed by atoms with Gasteiger partial charge in [-0.25, -0.2) is 0 Å². The molecular formula is C21H27N3O3S. The summed E-state index contributed by atoms with van der Waals surface area (Å²) in [5, 5.41) is 2.97. The largest absolute Gasteiger partial charge is 0.378 e. The zero-order valence-corrected chi connectivity index (χ0v) is 17.6. The Balaban J connectivity index is 1.71. The minimum atomic E-state index is -0.322. The van der Waals surface area contributed by atoms with Gasteiger partial charge in [-0.05, 0) is 50.7 Å². The first kappa shape index (κ1) is 20.5. The number of hydrogen-bond acceptors (Lipinski definition) is 5. The lowest BCUT2D eigenvalue weighted by atomic mass is 10.1. The van der Waals surface area contributed by atoms with Crippen molar-refractivity contribution >= 4 is 28.8 Å². The molecule has 0 unspecified atom stereocenters. The van der Waals surface area contributed by atoms with Gasteiger partial charge in [0.15, 0.2) is 0 Å². The molecule has 0 bridgehead atoms. The first-order chi connectivity index (χ1) is 13.3. The molecule has 1 aromatic heterocycles. The number of benzene rings is 1. The quantitative estimate of drug-likeness (QED) is 0.837. The minimum Gasteiger partial charge on any atom is -0.378 e. The Bertz CT molecular complexity index is 864. The van der Waals surface area contributed by atoms with Crippen molar-refractivity contribution in [3.8, 4) is 0 Å². The van der Waals surface area contributed by atoms with Gasteiger partial charge in [0.05, 0.1) is 19.8 Å². The van der Waals surface area contributed by atoms with Gasteiger partial charge in [-0.1, -0.05) is 6.07 Å². The van der Waals surface area contributed by atoms with Crippen molar-refractivity contribution in [3.05, 3.63) is 51.2 Å². The van der Waals surface area contributed by atoms with E-state index in [1.165, 1.54) is 4.88 Å². The van der Waals surface area contributed by atoms with Gasteiger partial charge < -0.3 is 15.0 Å². The van der Waals surface area contributed by atoms with E-state index in [2.05, 4.69) is 18.3 Å². The SMILES string of the molecule is Cc1ccc(CN(C)C(=O)c2ccc(C)c(NC(=O)[C@@H]3COCCN3C)c2)s1. The number of carbonyl (C=O) groups is 2. The highest BCUT2D eigenvalue weighted by atomic mass is 32.1. The summed E-state index contributed by atoms with van der Waals surface area (Å²) in [6.07, 6.45) is 0. The topological polar surface area (TPSA) is 61.9 Å². The van der Waals surface area contributed by atoms with Crippen molar-refractivity contribution in [3.63, 3.8) is 0 Å². The van der Waals surface area contributed by atoms with E-state index >= 15 is 0 Å². The average Bonchev–Trinajstić information content (AvgIpc) is 3.07. The summed E-state index contributed by atoms with van der Waals surface area (Å²) in [6, 6.07) is 9.22. The molecule has 0 spiro atoms. The monoisotopic (exact) mass is 401 g/mol. The van der Waals surface area contributed by atoms with Gasteiger partial charge in [0.1, 0.15) is 6.04 Å². The van der Waals surface area contributed by atoms with Crippen LogP contribution in [0.15, 0.2) is 30.3 Å². The maximum absolute atomic E-state index is 12.8. The number of thiophene rings is 1. The van der Waals surface area contributed by atoms with E-state index < -0.39 is 0 Å². The van der Waals surface area contributed by atoms with Crippen molar-refractivity contribution in [2.24, 2.45) is 0 Å². The second kappa shape index (κ2) is 8.86. The van der Waals surface area contributed by atoms with Gasteiger partial charge in [-0.2, -0.15) is 0 Å². The van der Waals surface area contributed by atoms with E-state index in [0.717, 1.165) is 17.0 Å². The number of rotatable bonds is 5. The van der Waals surface area contributed by atoms with Gasteiger partial charge in [0.2, 0.25) is 5.91 Å². The molecule has 150 valence electrons. The Morgan fingerprint density at radius 3 is 2.75 bits per heavy atom. The molecule has 3 rings (SSSR count). The number of nitrogens with zero attached hydrogens (tertiary/aromatic N) is 2. The second-order valence-electron chi connectivity index (χ2n) is 7.26. The van der Waals surface area contributed by atoms with Gasteiger partial charge in [-0.3, -0.25) is 14.5 Å². The molecule has 0 radical (unpaired) electrons. The molecule has 1 aliphatic heterocycles. The van der Waals surface area contributed by atoms with Crippen molar-refractivity contribution < 1.29 is 14.3 Å². The van der Waals surface area contributed by atoms with Gasteiger partial charge in [0.25, 0.3) is 5.91 Å². The number of aryl methyl sites for hydroxylation is 2. The molecule has 6 nitrogen and oxygen atoms in total. The molecule has 1 aliphatic rings. The Hall–Kier alpha value is -2.22. The molecule has 7 heteroatoms. The fourth-order valence-corrected chi connectivity index (χ4v) is 4.11. The summed E-state index contributed by atoms with van der Waals surface area (Å²) < 4.78 is 5.43. The maximum Gasteiger partial charge on any atom is 0.253 e. The number of hydrogen-bond donors (Lipinski definition) is 1. The van der Waals surface area contributed by atoms with Crippen LogP contribution in [0.1, 0.15) is 25.7 Å². The second-order valence-corrected chi connectivity index (χ2v) is 8.64. The third-order valence-corrected chi connectivity index (χ3v) is 5.96. The highest BCUT2D eigenvalue weighted by Gasteiger charge is 2.27. The van der Waals surface area contributed by atoms with Gasteiger partial charge >= 0.3 is 0 Å². The number of nitrogens with one attached hydrogen (secondary N) is 1. The summed E-state index contributed by atoms with van der Waals surface area (Å²) >= 11 is 1.69. The zero-order chi connectivity index (χ0) is 20.3. The number of anilines is 1. The van der Waals surface area contributed by atoms with Crippen LogP contribution in [0.3, 0.4) is 0 Å². The minimum absolute atomic E-state index is 0.0698. The molecule has 1 N–H and O–H groups in total. The fraction of sp³-hybridized carbons (Fsp3) is 0.429. The van der Waals surface area contributed by atoms with E-state index in [0.29, 0.717) is 31.0 Å². The van der Waals surface area contributed by atoms with E-state index in [1.807, 2.05) is 31.0 Å². The molecule has 28 heavy (non-hydrogen) atoms. The Labute approximate surface area is 170 Å². The van der Waals surface area contributed by atoms with Crippen LogP contribution in [-0.2, 0) is 16.1 Å². The molecule has 1 atom stereocenters. The van der Waals surface area contributed by atoms with Crippen LogP contribution in [0.25, 0.3) is 0 Å². The third-order valence-electron chi connectivity index (χ3n) is 4.98. The zero-order valence-electron chi connectivity index (χ0n) is 16.8. The predicted molar refractivity (Wildman–Crippen MR) is 112 cm³/mol. The molecule has 1 saturated heterocycles. The van der Waals surface area contributed by atoms with Crippen LogP contribution in [0.4, 0.5) is 5.69 Å². The molecule has 1 fully saturated rings. The first-order valence-electron chi connectivity index (χ1n) is 9.35. The Morgan fingerprint density at radius 2 is 2.07 bits per heavy atom. The average molecular weight is 402 g/mol. The van der Waals surface area contributed by atoms with Gasteiger partial charge in [-0.15, -0.1) is 11.3 Å². The van der Waals surface area contributed by atoms with Crippen LogP contribution in [0.2, 0.25) is 0 Å². The standard InChI is InChI=1S/C21H27N3O3S/c1-14-5-7-16(21(26)24(4)12-17-8-6-15(2)28-17)11-18(14)22-20(25)19-13-27-10-9-23(19)3/h5-8,11,19H,9-10,12-13H2,1-4H3,(H,22,25)/t19-/m0/s1. The number of morpholine rings is 1. The summed E-state index contributed by atoms with van der Waals surface area (Å²) in [4.78, 5) is 31.6. The van der Waals surface area contributed by atoms with Crippen molar-refractivity contribution in [1.29, 1.82) is 0 Å². The molecule has 0 saturated carbocycles. The van der Waals surface area contributed by atoms with Crippen LogP contribution in [0, 0.1) is 13.8 Å². The number of ether oxygens (including phenoxy) is 1. The van der Waals surface area contributed by atoms with Gasteiger partial charge in [0, 0.05) is 34.6 Å². The Kier molecular flexibility index (Phi) is 6.49. The van der Waals surface area contributed by atoms with E-state index in [-0.39, 0.29) is 17.9 Å². The lowest BCUT2D eigenvalue weighted by Crippen LogP contribution is -2.49. The van der Waals surface area contributed by atoms with Crippen LogP contribution >= 0.6 is 11.3 Å². The molecular weight excluding hydrogens is 374 g/mol. The van der Waals surface area contributed by atoms with Crippen LogP contribution in [0.5, 0.6) is 0 Å². The summed E-state index contributed by atoms with van der Waals surface area (Å²) in [5.41, 5.74) is 2.14. The number of likely N-dealkylation sites (N-methyl/N-ethyl adjacent to an activating group) is 1. The first-order valence-corrected chi connectivity index (χ1v) is 10.2. The summed E-state index contributed by atoms with van der Waals surface area (Å²) in [7, 11) is 3.71. The van der Waals surface area contributed by atoms with Crippen LogP contribution in [-0.4, -0.2) is 61.5 Å². The maximum atomic E-state index is 12.8. The number of carbonyl (C=O) groups excluding carboxylic acids is 2. The molecule has 2 aromatic rings. The summed E-state index contributed by atoms with van der Waals surface area (Å²) in [6.45, 7) is 6.28. The van der Waals surface area contributed by atoms with E-state index in [4.69, 9.17) is 4.74 Å². The third kappa shape index (κ3) is 4.79. The normalized spacial score (nSPS) is 17.4. The molecule has 2 heterocycles. The fourth-order valence-electron chi connectivity index (χ4n) is 3.16. The van der Waals surface area contributed by atoms with E-state index in [9.17, 15) is 9.59 Å². The van der Waals surface area contributed by atoms with Crippen molar-refractivity contribution in [2.75, 3.05) is 39.2 Å². The molecule has 0 aliphatic carbocycles. The number of amides is 2. The molecule has 2 amide bonds. The van der Waals surface area contributed by atoms with Crippen LogP contribution < -0.4 is 5.32 Å². The van der Waals surface area contributed by atoms with E-state index in [1.54, 1.807) is 35.4 Å². The highest BCUT2D eigenvalue weighted by Crippen LogP contribution is 2.21. The van der Waals surface area contributed by atoms with Crippen molar-refractivity contribution in [2.45, 2.75) is 26.4 Å². The predicted octanol–water partition coefficient (Wildman–Crippen LogP) is 2.91. The highest BCUT2D eigenvalue weighted by molar-refractivity contribution is 7.11. The smallest absolute Gasteiger partial charge is 0.253 e. The van der Waals surface area contributed by atoms with Crippen molar-refractivity contribution in [1.82, 2.24) is 9.80 Å². The summed E-state index contributed by atoms with van der Waals surface area (Å²) in [5.74, 6) is -0.183.